The fraction of sp³-hybridized carbons (Fsp3) is 0.367. The van der Waals surface area contributed by atoms with E-state index in [4.69, 9.17) is 4.74 Å². The lowest BCUT2D eigenvalue weighted by Gasteiger charge is -2.43. The van der Waals surface area contributed by atoms with Gasteiger partial charge in [-0.25, -0.2) is 12.8 Å². The molecule has 0 spiro atoms. The zero-order valence-electron chi connectivity index (χ0n) is 22.8. The van der Waals surface area contributed by atoms with Crippen LogP contribution < -0.4 is 13.8 Å². The van der Waals surface area contributed by atoms with E-state index < -0.39 is 67.7 Å². The largest absolute Gasteiger partial charge is 0.486 e. The monoisotopic (exact) mass is 641 g/mol. The summed E-state index contributed by atoms with van der Waals surface area (Å²) in [6.07, 6.45) is -3.66. The van der Waals surface area contributed by atoms with E-state index in [9.17, 15) is 44.7 Å². The highest BCUT2D eigenvalue weighted by Gasteiger charge is 2.62. The summed E-state index contributed by atoms with van der Waals surface area (Å²) in [6.45, 7) is -3.55. The Balaban J connectivity index is 1.46. The van der Waals surface area contributed by atoms with E-state index in [0.717, 1.165) is 40.7 Å². The molecule has 0 amide bonds. The lowest BCUT2D eigenvalue weighted by Crippen LogP contribution is -2.50. The number of carboxylic acid groups (broad SMARTS) is 1. The van der Waals surface area contributed by atoms with Gasteiger partial charge in [0.2, 0.25) is 0 Å². The van der Waals surface area contributed by atoms with Gasteiger partial charge in [-0.2, -0.15) is 22.0 Å². The summed E-state index contributed by atoms with van der Waals surface area (Å²) < 4.78 is 120. The molecule has 1 N–H and O–H groups in total. The third-order valence-corrected chi connectivity index (χ3v) is 10.8. The molecule has 3 aliphatic rings. The molecule has 0 aromatic heterocycles. The van der Waals surface area contributed by atoms with Gasteiger partial charge in [0.25, 0.3) is 10.0 Å². The van der Waals surface area contributed by atoms with Crippen molar-refractivity contribution in [1.29, 1.82) is 0 Å². The van der Waals surface area contributed by atoms with Gasteiger partial charge < -0.3 is 14.6 Å². The van der Waals surface area contributed by atoms with Crippen molar-refractivity contribution in [3.05, 3.63) is 72.0 Å². The zero-order chi connectivity index (χ0) is 31.7. The Bertz CT molecular complexity index is 1740. The first kappa shape index (κ1) is 30.1. The number of hydrogen-bond acceptors (Lipinski definition) is 5. The number of sulfonamides is 1. The first-order valence-electron chi connectivity index (χ1n) is 13.6. The van der Waals surface area contributed by atoms with Crippen LogP contribution in [0.15, 0.2) is 65.6 Å². The molecule has 0 radical (unpaired) electrons. The lowest BCUT2D eigenvalue weighted by molar-refractivity contribution is -0.148. The van der Waals surface area contributed by atoms with E-state index in [2.05, 4.69) is 4.74 Å². The predicted molar refractivity (Wildman–Crippen MR) is 144 cm³/mol. The van der Waals surface area contributed by atoms with Gasteiger partial charge >= 0.3 is 18.8 Å². The van der Waals surface area contributed by atoms with E-state index in [0.29, 0.717) is 31.7 Å². The maximum absolute atomic E-state index is 14.3. The molecule has 7 nitrogen and oxygen atoms in total. The summed E-state index contributed by atoms with van der Waals surface area (Å²) in [5.41, 5.74) is -2.60. The topological polar surface area (TPSA) is 93.1 Å². The standard InChI is InChI=1S/C30H25F6NO6S/c31-20-10-18(11-21(14-20)42-27(32)33)17-4-5-24-23(12-17)37(44(40,41)22-3-1-2-19(13-22)30(34,35)36)15-25(43-24)28-6-8-29(16-28,9-7-28)26(38)39/h1-5,10-14,25,27H,6-9,15-16H2,(H,38,39)/t25-,28?,29?/m1/s1. The highest BCUT2D eigenvalue weighted by Crippen LogP contribution is 2.64. The Kier molecular flexibility index (Phi) is 7.06. The number of anilines is 1. The van der Waals surface area contributed by atoms with E-state index in [1.54, 1.807) is 0 Å². The number of nitrogens with zero attached hydrogens (tertiary/aromatic N) is 1. The molecule has 1 heterocycles. The Labute approximate surface area is 248 Å². The van der Waals surface area contributed by atoms with E-state index in [-0.39, 0.29) is 35.5 Å². The minimum atomic E-state index is -4.81. The highest BCUT2D eigenvalue weighted by molar-refractivity contribution is 7.92. The average Bonchev–Trinajstić information content (AvgIpc) is 3.55. The van der Waals surface area contributed by atoms with Crippen LogP contribution >= 0.6 is 0 Å². The highest BCUT2D eigenvalue weighted by atomic mass is 32.2. The molecule has 2 bridgehead atoms. The van der Waals surface area contributed by atoms with E-state index >= 15 is 0 Å². The number of aliphatic carboxylic acids is 1. The van der Waals surface area contributed by atoms with E-state index in [1.807, 2.05) is 0 Å². The second-order valence-corrected chi connectivity index (χ2v) is 13.4. The molecule has 44 heavy (non-hydrogen) atoms. The van der Waals surface area contributed by atoms with Gasteiger partial charge in [-0.3, -0.25) is 9.10 Å². The quantitative estimate of drug-likeness (QED) is 0.277. The van der Waals surface area contributed by atoms with Gasteiger partial charge in [0.1, 0.15) is 23.4 Å². The maximum atomic E-state index is 14.3. The number of fused-ring (bicyclic) bond motifs is 3. The molecule has 234 valence electrons. The molecule has 0 unspecified atom stereocenters. The van der Waals surface area contributed by atoms with Crippen LogP contribution in [0.3, 0.4) is 0 Å². The minimum absolute atomic E-state index is 0.0614. The molecule has 3 aromatic carbocycles. The van der Waals surface area contributed by atoms with Crippen LogP contribution in [0.25, 0.3) is 11.1 Å². The molecule has 3 aromatic rings. The van der Waals surface area contributed by atoms with Crippen molar-refractivity contribution in [3.63, 3.8) is 0 Å². The van der Waals surface area contributed by atoms with Gasteiger partial charge in [0, 0.05) is 11.5 Å². The summed E-state index contributed by atoms with van der Waals surface area (Å²) in [4.78, 5) is 11.5. The smallest absolute Gasteiger partial charge is 0.416 e. The summed E-state index contributed by atoms with van der Waals surface area (Å²) in [5.74, 6) is -2.24. The van der Waals surface area contributed by atoms with Crippen LogP contribution in [0.2, 0.25) is 0 Å². The molecule has 6 rings (SSSR count). The summed E-state index contributed by atoms with van der Waals surface area (Å²) in [7, 11) is -4.67. The SMILES string of the molecule is O=C(O)C12CCC([C@H]3CN(S(=O)(=O)c4cccc(C(F)(F)F)c4)c4cc(-c5cc(F)cc(OC(F)F)c5)ccc4O3)(CC1)C2. The minimum Gasteiger partial charge on any atom is -0.486 e. The Morgan fingerprint density at radius 2 is 1.73 bits per heavy atom. The Morgan fingerprint density at radius 1 is 1.00 bits per heavy atom. The summed E-state index contributed by atoms with van der Waals surface area (Å²) >= 11 is 0. The van der Waals surface area contributed by atoms with Gasteiger partial charge in [0.05, 0.1) is 28.1 Å². The summed E-state index contributed by atoms with van der Waals surface area (Å²) in [5, 5.41) is 9.89. The second-order valence-electron chi connectivity index (χ2n) is 11.5. The van der Waals surface area contributed by atoms with Crippen LogP contribution in [-0.4, -0.2) is 38.8 Å². The Morgan fingerprint density at radius 3 is 2.36 bits per heavy atom. The number of hydrogen-bond donors (Lipinski definition) is 1. The first-order chi connectivity index (χ1) is 20.6. The number of carboxylic acids is 1. The first-order valence-corrected chi connectivity index (χ1v) is 15.1. The number of carbonyl (C=O) groups is 1. The molecule has 2 fully saturated rings. The van der Waals surface area contributed by atoms with Crippen LogP contribution in [0.1, 0.15) is 37.7 Å². The number of alkyl halides is 5. The van der Waals surface area contributed by atoms with Gasteiger partial charge in [0.15, 0.2) is 0 Å². The molecule has 14 heteroatoms. The van der Waals surface area contributed by atoms with Crippen molar-refractivity contribution < 1.29 is 54.1 Å². The third-order valence-electron chi connectivity index (χ3n) is 9.04. The van der Waals surface area contributed by atoms with Crippen molar-refractivity contribution >= 4 is 21.7 Å². The third kappa shape index (κ3) is 5.12. The molecule has 1 aliphatic heterocycles. The van der Waals surface area contributed by atoms with Crippen molar-refractivity contribution in [2.24, 2.45) is 10.8 Å². The summed E-state index contributed by atoms with van der Waals surface area (Å²) in [6, 6.07) is 10.4. The number of benzene rings is 3. The van der Waals surface area contributed by atoms with Crippen LogP contribution in [0.4, 0.5) is 32.0 Å². The van der Waals surface area contributed by atoms with Gasteiger partial charge in [-0.05, 0) is 85.7 Å². The molecular weight excluding hydrogens is 616 g/mol. The fourth-order valence-corrected chi connectivity index (χ4v) is 8.33. The molecule has 2 aliphatic carbocycles. The molecule has 0 saturated heterocycles. The van der Waals surface area contributed by atoms with Crippen LogP contribution in [-0.2, 0) is 21.0 Å². The van der Waals surface area contributed by atoms with Gasteiger partial charge in [-0.1, -0.05) is 12.1 Å². The normalized spacial score (nSPS) is 24.7. The number of halogens is 6. The van der Waals surface area contributed by atoms with E-state index in [1.165, 1.54) is 18.2 Å². The number of rotatable bonds is 7. The van der Waals surface area contributed by atoms with Crippen molar-refractivity contribution in [3.8, 4) is 22.6 Å². The van der Waals surface area contributed by atoms with Gasteiger partial charge in [-0.15, -0.1) is 0 Å². The van der Waals surface area contributed by atoms with Crippen LogP contribution in [0, 0.1) is 16.6 Å². The van der Waals surface area contributed by atoms with Crippen molar-refractivity contribution in [2.75, 3.05) is 10.8 Å². The fourth-order valence-electron chi connectivity index (χ4n) is 6.82. The molecule has 1 atom stereocenters. The Hall–Kier alpha value is -3.94. The number of ether oxygens (including phenoxy) is 2. The molecular formula is C30H25F6NO6S. The van der Waals surface area contributed by atoms with Crippen molar-refractivity contribution in [1.82, 2.24) is 0 Å². The maximum Gasteiger partial charge on any atom is 0.416 e. The lowest BCUT2D eigenvalue weighted by atomic mass is 9.78. The second kappa shape index (κ2) is 10.3. The molecule has 2 saturated carbocycles. The van der Waals surface area contributed by atoms with Crippen molar-refractivity contribution in [2.45, 2.75) is 55.9 Å². The zero-order valence-corrected chi connectivity index (χ0v) is 23.6. The van der Waals surface area contributed by atoms with Crippen LogP contribution in [0.5, 0.6) is 11.5 Å². The average molecular weight is 642 g/mol. The predicted octanol–water partition coefficient (Wildman–Crippen LogP) is 7.10.